The van der Waals surface area contributed by atoms with Crippen molar-refractivity contribution in [3.8, 4) is 0 Å². The number of anilines is 1. The van der Waals surface area contributed by atoms with Gasteiger partial charge in [0.1, 0.15) is 0 Å². The van der Waals surface area contributed by atoms with Crippen molar-refractivity contribution in [2.75, 3.05) is 11.9 Å². The first-order valence-corrected chi connectivity index (χ1v) is 7.66. The van der Waals surface area contributed by atoms with E-state index >= 15 is 0 Å². The number of aryl methyl sites for hydroxylation is 2. The molecule has 0 aliphatic heterocycles. The number of halogens is 1. The summed E-state index contributed by atoms with van der Waals surface area (Å²) >= 11 is 3.46. The number of carbonyl (C=O) groups excluding carboxylic acids is 1. The van der Waals surface area contributed by atoms with E-state index in [4.69, 9.17) is 0 Å². The SMILES string of the molecule is Cc1cccc(CNCC(=O)Nc2ccc(C)c(Br)c2)c1. The maximum atomic E-state index is 11.9. The molecule has 2 rings (SSSR count). The lowest BCUT2D eigenvalue weighted by atomic mass is 10.1. The van der Waals surface area contributed by atoms with E-state index in [9.17, 15) is 4.79 Å². The largest absolute Gasteiger partial charge is 0.325 e. The van der Waals surface area contributed by atoms with Crippen LogP contribution in [0.15, 0.2) is 46.9 Å². The molecule has 0 aliphatic carbocycles. The fourth-order valence-corrected chi connectivity index (χ4v) is 2.40. The number of carbonyl (C=O) groups is 1. The summed E-state index contributed by atoms with van der Waals surface area (Å²) in [7, 11) is 0. The molecule has 110 valence electrons. The molecule has 4 heteroatoms. The fourth-order valence-electron chi connectivity index (χ4n) is 2.02. The summed E-state index contributed by atoms with van der Waals surface area (Å²) in [4.78, 5) is 11.9. The molecule has 3 nitrogen and oxygen atoms in total. The summed E-state index contributed by atoms with van der Waals surface area (Å²) in [6.07, 6.45) is 0. The maximum absolute atomic E-state index is 11.9. The summed E-state index contributed by atoms with van der Waals surface area (Å²) in [6, 6.07) is 14.0. The Balaban J connectivity index is 1.81. The molecule has 0 bridgehead atoms. The van der Waals surface area contributed by atoms with E-state index in [-0.39, 0.29) is 5.91 Å². The van der Waals surface area contributed by atoms with Crippen molar-refractivity contribution in [1.29, 1.82) is 0 Å². The Morgan fingerprint density at radius 3 is 2.67 bits per heavy atom. The lowest BCUT2D eigenvalue weighted by Gasteiger charge is -2.08. The Morgan fingerprint density at radius 1 is 1.14 bits per heavy atom. The van der Waals surface area contributed by atoms with Crippen molar-refractivity contribution >= 4 is 27.5 Å². The molecule has 21 heavy (non-hydrogen) atoms. The average molecular weight is 347 g/mol. The normalized spacial score (nSPS) is 10.4. The summed E-state index contributed by atoms with van der Waals surface area (Å²) in [5.41, 5.74) is 4.35. The lowest BCUT2D eigenvalue weighted by molar-refractivity contribution is -0.115. The number of benzene rings is 2. The van der Waals surface area contributed by atoms with E-state index in [0.29, 0.717) is 13.1 Å². The van der Waals surface area contributed by atoms with Crippen LogP contribution in [0, 0.1) is 13.8 Å². The van der Waals surface area contributed by atoms with E-state index in [0.717, 1.165) is 15.7 Å². The minimum atomic E-state index is -0.0431. The highest BCUT2D eigenvalue weighted by Crippen LogP contribution is 2.20. The smallest absolute Gasteiger partial charge is 0.238 e. The fraction of sp³-hybridized carbons (Fsp3) is 0.235. The van der Waals surface area contributed by atoms with Crippen LogP contribution >= 0.6 is 15.9 Å². The molecule has 0 radical (unpaired) electrons. The van der Waals surface area contributed by atoms with Gasteiger partial charge in [-0.2, -0.15) is 0 Å². The summed E-state index contributed by atoms with van der Waals surface area (Å²) in [5.74, 6) is -0.0431. The van der Waals surface area contributed by atoms with E-state index in [1.165, 1.54) is 11.1 Å². The minimum absolute atomic E-state index is 0.0431. The molecule has 0 atom stereocenters. The van der Waals surface area contributed by atoms with Gasteiger partial charge in [-0.05, 0) is 37.1 Å². The first-order chi connectivity index (χ1) is 10.0. The van der Waals surface area contributed by atoms with Crippen molar-refractivity contribution in [2.24, 2.45) is 0 Å². The molecule has 2 aromatic carbocycles. The first kappa shape index (κ1) is 15.7. The second-order valence-corrected chi connectivity index (χ2v) is 5.96. The number of nitrogens with one attached hydrogen (secondary N) is 2. The molecule has 0 saturated carbocycles. The van der Waals surface area contributed by atoms with Gasteiger partial charge in [-0.15, -0.1) is 0 Å². The topological polar surface area (TPSA) is 41.1 Å². The molecule has 2 aromatic rings. The average Bonchev–Trinajstić information content (AvgIpc) is 2.43. The van der Waals surface area contributed by atoms with Crippen LogP contribution in [0.3, 0.4) is 0 Å². The Bertz CT molecular complexity index is 640. The molecule has 0 unspecified atom stereocenters. The van der Waals surface area contributed by atoms with Crippen LogP contribution in [-0.2, 0) is 11.3 Å². The summed E-state index contributed by atoms with van der Waals surface area (Å²) in [5, 5.41) is 6.03. The van der Waals surface area contributed by atoms with Crippen LogP contribution < -0.4 is 10.6 Å². The van der Waals surface area contributed by atoms with Gasteiger partial charge in [-0.1, -0.05) is 51.8 Å². The third-order valence-electron chi connectivity index (χ3n) is 3.15. The van der Waals surface area contributed by atoms with Gasteiger partial charge >= 0.3 is 0 Å². The molecule has 0 aliphatic rings. The maximum Gasteiger partial charge on any atom is 0.238 e. The number of rotatable bonds is 5. The summed E-state index contributed by atoms with van der Waals surface area (Å²) in [6.45, 7) is 5.05. The highest BCUT2D eigenvalue weighted by molar-refractivity contribution is 9.10. The molecule has 0 fully saturated rings. The van der Waals surface area contributed by atoms with Gasteiger partial charge in [0.05, 0.1) is 6.54 Å². The Kier molecular flexibility index (Phi) is 5.53. The zero-order valence-electron chi connectivity index (χ0n) is 12.2. The minimum Gasteiger partial charge on any atom is -0.325 e. The third-order valence-corrected chi connectivity index (χ3v) is 4.01. The molecular weight excluding hydrogens is 328 g/mol. The van der Waals surface area contributed by atoms with E-state index in [1.807, 2.05) is 31.2 Å². The second-order valence-electron chi connectivity index (χ2n) is 5.10. The van der Waals surface area contributed by atoms with Gasteiger partial charge in [0, 0.05) is 16.7 Å². The van der Waals surface area contributed by atoms with Crippen molar-refractivity contribution < 1.29 is 4.79 Å². The van der Waals surface area contributed by atoms with Crippen molar-refractivity contribution in [1.82, 2.24) is 5.32 Å². The Hall–Kier alpha value is -1.65. The van der Waals surface area contributed by atoms with Crippen LogP contribution in [0.25, 0.3) is 0 Å². The Labute approximate surface area is 133 Å². The van der Waals surface area contributed by atoms with Crippen LogP contribution in [0.2, 0.25) is 0 Å². The number of hydrogen-bond acceptors (Lipinski definition) is 2. The van der Waals surface area contributed by atoms with Gasteiger partial charge in [0.2, 0.25) is 5.91 Å². The first-order valence-electron chi connectivity index (χ1n) is 6.87. The standard InChI is InChI=1S/C17H19BrN2O/c1-12-4-3-5-14(8-12)10-19-11-17(21)20-15-7-6-13(2)16(18)9-15/h3-9,19H,10-11H2,1-2H3,(H,20,21). The molecule has 1 amide bonds. The molecule has 0 heterocycles. The van der Waals surface area contributed by atoms with Crippen LogP contribution in [-0.4, -0.2) is 12.5 Å². The number of hydrogen-bond donors (Lipinski definition) is 2. The number of amides is 1. The van der Waals surface area contributed by atoms with E-state index in [2.05, 4.69) is 51.7 Å². The monoisotopic (exact) mass is 346 g/mol. The van der Waals surface area contributed by atoms with Gasteiger partial charge in [-0.3, -0.25) is 4.79 Å². The van der Waals surface area contributed by atoms with Gasteiger partial charge in [-0.25, -0.2) is 0 Å². The molecule has 2 N–H and O–H groups in total. The van der Waals surface area contributed by atoms with Gasteiger partial charge in [0.25, 0.3) is 0 Å². The Morgan fingerprint density at radius 2 is 1.95 bits per heavy atom. The highest BCUT2D eigenvalue weighted by atomic mass is 79.9. The molecular formula is C17H19BrN2O. The molecule has 0 saturated heterocycles. The quantitative estimate of drug-likeness (QED) is 0.864. The lowest BCUT2D eigenvalue weighted by Crippen LogP contribution is -2.27. The highest BCUT2D eigenvalue weighted by Gasteiger charge is 2.03. The van der Waals surface area contributed by atoms with Crippen molar-refractivity contribution in [2.45, 2.75) is 20.4 Å². The predicted molar refractivity (Wildman–Crippen MR) is 90.4 cm³/mol. The van der Waals surface area contributed by atoms with E-state index < -0.39 is 0 Å². The van der Waals surface area contributed by atoms with Crippen LogP contribution in [0.4, 0.5) is 5.69 Å². The van der Waals surface area contributed by atoms with Crippen molar-refractivity contribution in [3.63, 3.8) is 0 Å². The van der Waals surface area contributed by atoms with E-state index in [1.54, 1.807) is 0 Å². The van der Waals surface area contributed by atoms with Gasteiger partial charge < -0.3 is 10.6 Å². The summed E-state index contributed by atoms with van der Waals surface area (Å²) < 4.78 is 0.994. The predicted octanol–water partition coefficient (Wildman–Crippen LogP) is 3.79. The zero-order valence-corrected chi connectivity index (χ0v) is 13.8. The molecule has 0 spiro atoms. The van der Waals surface area contributed by atoms with Crippen LogP contribution in [0.5, 0.6) is 0 Å². The zero-order chi connectivity index (χ0) is 15.2. The van der Waals surface area contributed by atoms with Gasteiger partial charge in [0.15, 0.2) is 0 Å². The van der Waals surface area contributed by atoms with Crippen molar-refractivity contribution in [3.05, 3.63) is 63.6 Å². The molecule has 0 aromatic heterocycles. The second kappa shape index (κ2) is 7.38. The third kappa shape index (κ3) is 4.99. The van der Waals surface area contributed by atoms with Crippen LogP contribution in [0.1, 0.15) is 16.7 Å².